The molecule has 0 fully saturated rings. The summed E-state index contributed by atoms with van der Waals surface area (Å²) in [7, 11) is 0. The van der Waals surface area contributed by atoms with Crippen molar-refractivity contribution in [3.8, 4) is 0 Å². The molecule has 0 spiro atoms. The molecular weight excluding hydrogens is 182 g/mol. The van der Waals surface area contributed by atoms with Crippen LogP contribution in [0.4, 0.5) is 0 Å². The molecule has 0 saturated carbocycles. The summed E-state index contributed by atoms with van der Waals surface area (Å²) in [5.74, 6) is -0.231. The molecule has 0 radical (unpaired) electrons. The van der Waals surface area contributed by atoms with Gasteiger partial charge in [0.1, 0.15) is 6.61 Å². The van der Waals surface area contributed by atoms with Gasteiger partial charge in [-0.3, -0.25) is 4.79 Å². The van der Waals surface area contributed by atoms with Crippen LogP contribution in [0.1, 0.15) is 33.1 Å². The monoisotopic (exact) mass is 203 g/mol. The number of carbonyl (C=O) groups is 1. The quantitative estimate of drug-likeness (QED) is 0.473. The van der Waals surface area contributed by atoms with Crippen LogP contribution in [0.15, 0.2) is 0 Å². The first-order valence-corrected chi connectivity index (χ1v) is 5.19. The van der Waals surface area contributed by atoms with E-state index in [-0.39, 0.29) is 12.0 Å². The first kappa shape index (κ1) is 13.4. The van der Waals surface area contributed by atoms with E-state index in [0.29, 0.717) is 26.2 Å². The van der Waals surface area contributed by atoms with Gasteiger partial charge in [-0.25, -0.2) is 0 Å². The maximum Gasteiger partial charge on any atom is 0.307 e. The lowest BCUT2D eigenvalue weighted by atomic mass is 10.1. The molecule has 1 atom stereocenters. The molecule has 0 amide bonds. The second-order valence-electron chi connectivity index (χ2n) is 3.17. The zero-order valence-corrected chi connectivity index (χ0v) is 9.12. The van der Waals surface area contributed by atoms with E-state index in [1.54, 1.807) is 0 Å². The normalized spacial score (nSPS) is 12.5. The van der Waals surface area contributed by atoms with Crippen LogP contribution in [0.25, 0.3) is 0 Å². The van der Waals surface area contributed by atoms with Crippen LogP contribution in [0, 0.1) is 0 Å². The fourth-order valence-electron chi connectivity index (χ4n) is 1.10. The molecule has 0 bridgehead atoms. The van der Waals surface area contributed by atoms with Gasteiger partial charge in [-0.15, -0.1) is 0 Å². The van der Waals surface area contributed by atoms with Crippen molar-refractivity contribution in [2.24, 2.45) is 5.73 Å². The molecule has 0 heterocycles. The second-order valence-corrected chi connectivity index (χ2v) is 3.17. The summed E-state index contributed by atoms with van der Waals surface area (Å²) in [6.07, 6.45) is 2.16. The van der Waals surface area contributed by atoms with E-state index >= 15 is 0 Å². The highest BCUT2D eigenvalue weighted by atomic mass is 16.6. The molecule has 0 aliphatic carbocycles. The standard InChI is InChI=1S/C10H21NO3/c1-3-5-9(11)8-10(12)14-7-6-13-4-2/h9H,3-8,11H2,1-2H3. The third-order valence-corrected chi connectivity index (χ3v) is 1.78. The van der Waals surface area contributed by atoms with Crippen molar-refractivity contribution >= 4 is 5.97 Å². The number of nitrogens with two attached hydrogens (primary N) is 1. The molecule has 0 aromatic rings. The van der Waals surface area contributed by atoms with Crippen LogP contribution in [-0.4, -0.2) is 31.8 Å². The molecular formula is C10H21NO3. The van der Waals surface area contributed by atoms with Gasteiger partial charge in [0.2, 0.25) is 0 Å². The van der Waals surface area contributed by atoms with E-state index in [9.17, 15) is 4.79 Å². The summed E-state index contributed by atoms with van der Waals surface area (Å²) in [5, 5.41) is 0. The largest absolute Gasteiger partial charge is 0.463 e. The zero-order chi connectivity index (χ0) is 10.8. The molecule has 84 valence electrons. The molecule has 0 aliphatic rings. The van der Waals surface area contributed by atoms with Crippen LogP contribution >= 0.6 is 0 Å². The van der Waals surface area contributed by atoms with Crippen molar-refractivity contribution < 1.29 is 14.3 Å². The Morgan fingerprint density at radius 1 is 1.36 bits per heavy atom. The molecule has 14 heavy (non-hydrogen) atoms. The molecule has 0 aliphatic heterocycles. The van der Waals surface area contributed by atoms with Gasteiger partial charge in [0.05, 0.1) is 13.0 Å². The van der Waals surface area contributed by atoms with Crippen LogP contribution in [0.5, 0.6) is 0 Å². The molecule has 4 heteroatoms. The van der Waals surface area contributed by atoms with Gasteiger partial charge in [-0.2, -0.15) is 0 Å². The summed E-state index contributed by atoms with van der Waals surface area (Å²) in [4.78, 5) is 11.1. The van der Waals surface area contributed by atoms with E-state index in [1.165, 1.54) is 0 Å². The molecule has 4 nitrogen and oxygen atoms in total. The number of carbonyl (C=O) groups excluding carboxylic acids is 1. The van der Waals surface area contributed by atoms with E-state index < -0.39 is 0 Å². The smallest absolute Gasteiger partial charge is 0.307 e. The van der Waals surface area contributed by atoms with Crippen molar-refractivity contribution in [2.45, 2.75) is 39.2 Å². The summed E-state index contributed by atoms with van der Waals surface area (Å²) in [6.45, 7) is 5.38. The summed E-state index contributed by atoms with van der Waals surface area (Å²) in [5.41, 5.74) is 5.68. The van der Waals surface area contributed by atoms with Crippen molar-refractivity contribution in [2.75, 3.05) is 19.8 Å². The maximum absolute atomic E-state index is 11.1. The van der Waals surface area contributed by atoms with E-state index in [4.69, 9.17) is 15.2 Å². The minimum Gasteiger partial charge on any atom is -0.463 e. The Kier molecular flexibility index (Phi) is 8.57. The van der Waals surface area contributed by atoms with Crippen molar-refractivity contribution in [3.63, 3.8) is 0 Å². The molecule has 0 aromatic carbocycles. The molecule has 0 saturated heterocycles. The van der Waals surface area contributed by atoms with Crippen molar-refractivity contribution in [1.29, 1.82) is 0 Å². The number of esters is 1. The maximum atomic E-state index is 11.1. The van der Waals surface area contributed by atoms with Crippen LogP contribution in [0.2, 0.25) is 0 Å². The number of ether oxygens (including phenoxy) is 2. The Bertz CT molecular complexity index is 150. The highest BCUT2D eigenvalue weighted by Crippen LogP contribution is 1.99. The lowest BCUT2D eigenvalue weighted by Crippen LogP contribution is -2.25. The molecule has 1 unspecified atom stereocenters. The van der Waals surface area contributed by atoms with Gasteiger partial charge in [0.15, 0.2) is 0 Å². The first-order chi connectivity index (χ1) is 6.70. The number of rotatable bonds is 8. The average molecular weight is 203 g/mol. The van der Waals surface area contributed by atoms with Crippen molar-refractivity contribution in [3.05, 3.63) is 0 Å². The third kappa shape index (κ3) is 8.01. The van der Waals surface area contributed by atoms with Crippen LogP contribution in [-0.2, 0) is 14.3 Å². The topological polar surface area (TPSA) is 61.6 Å². The highest BCUT2D eigenvalue weighted by molar-refractivity contribution is 5.70. The minimum absolute atomic E-state index is 0.0698. The fourth-order valence-corrected chi connectivity index (χ4v) is 1.10. The average Bonchev–Trinajstić information content (AvgIpc) is 2.13. The Morgan fingerprint density at radius 2 is 2.07 bits per heavy atom. The second kappa shape index (κ2) is 8.97. The summed E-state index contributed by atoms with van der Waals surface area (Å²) in [6, 6.07) is -0.0698. The SMILES string of the molecule is CCCC(N)CC(=O)OCCOCC. The van der Waals surface area contributed by atoms with Gasteiger partial charge >= 0.3 is 5.97 Å². The van der Waals surface area contributed by atoms with Gasteiger partial charge in [0.25, 0.3) is 0 Å². The zero-order valence-electron chi connectivity index (χ0n) is 9.12. The van der Waals surface area contributed by atoms with Gasteiger partial charge in [-0.1, -0.05) is 13.3 Å². The third-order valence-electron chi connectivity index (χ3n) is 1.78. The Balaban J connectivity index is 3.35. The molecule has 2 N–H and O–H groups in total. The lowest BCUT2D eigenvalue weighted by molar-refractivity contribution is -0.145. The number of hydrogen-bond acceptors (Lipinski definition) is 4. The molecule has 0 rings (SSSR count). The Hall–Kier alpha value is -0.610. The lowest BCUT2D eigenvalue weighted by Gasteiger charge is -2.09. The fraction of sp³-hybridized carbons (Fsp3) is 0.900. The molecule has 0 aromatic heterocycles. The van der Waals surface area contributed by atoms with E-state index in [1.807, 2.05) is 13.8 Å². The van der Waals surface area contributed by atoms with Gasteiger partial charge in [0, 0.05) is 12.6 Å². The van der Waals surface area contributed by atoms with Crippen LogP contribution < -0.4 is 5.73 Å². The predicted octanol–water partition coefficient (Wildman–Crippen LogP) is 1.08. The summed E-state index contributed by atoms with van der Waals surface area (Å²) < 4.78 is 9.95. The van der Waals surface area contributed by atoms with Gasteiger partial charge < -0.3 is 15.2 Å². The van der Waals surface area contributed by atoms with E-state index in [2.05, 4.69) is 0 Å². The number of hydrogen-bond donors (Lipinski definition) is 1. The van der Waals surface area contributed by atoms with Crippen LogP contribution in [0.3, 0.4) is 0 Å². The Labute approximate surface area is 85.8 Å². The highest BCUT2D eigenvalue weighted by Gasteiger charge is 2.09. The van der Waals surface area contributed by atoms with Crippen molar-refractivity contribution in [1.82, 2.24) is 0 Å². The minimum atomic E-state index is -0.231. The Morgan fingerprint density at radius 3 is 2.64 bits per heavy atom. The van der Waals surface area contributed by atoms with Gasteiger partial charge in [-0.05, 0) is 13.3 Å². The predicted molar refractivity (Wildman–Crippen MR) is 55.0 cm³/mol. The summed E-state index contributed by atoms with van der Waals surface area (Å²) >= 11 is 0. The van der Waals surface area contributed by atoms with E-state index in [0.717, 1.165) is 12.8 Å². The first-order valence-electron chi connectivity index (χ1n) is 5.19.